The normalized spacial score (nSPS) is 8.81. The lowest BCUT2D eigenvalue weighted by Crippen LogP contribution is -1.86. The number of carbonyl (C=O) groups is 1. The molecule has 0 aliphatic carbocycles. The fourth-order valence-corrected chi connectivity index (χ4v) is 1.48. The third-order valence-electron chi connectivity index (χ3n) is 1.87. The molecule has 0 saturated carbocycles. The van der Waals surface area contributed by atoms with E-state index in [2.05, 4.69) is 17.9 Å². The van der Waals surface area contributed by atoms with Crippen LogP contribution in [0.3, 0.4) is 0 Å². The molecule has 3 heteroatoms. The number of nitrogens with zero attached hydrogens (tertiary/aromatic N) is 1. The first kappa shape index (κ1) is 12.4. The second-order valence-corrected chi connectivity index (χ2v) is 4.40. The summed E-state index contributed by atoms with van der Waals surface area (Å²) in [4.78, 5) is 10.7. The van der Waals surface area contributed by atoms with Crippen LogP contribution in [0, 0.1) is 30.1 Å². The highest BCUT2D eigenvalue weighted by Crippen LogP contribution is 2.09. The van der Waals surface area contributed by atoms with Crippen molar-refractivity contribution in [3.63, 3.8) is 0 Å². The third kappa shape index (κ3) is 3.81. The molecule has 1 aromatic rings. The Morgan fingerprint density at radius 1 is 1.44 bits per heavy atom. The van der Waals surface area contributed by atoms with Crippen LogP contribution in [0.25, 0.3) is 0 Å². The zero-order chi connectivity index (χ0) is 12.0. The summed E-state index contributed by atoms with van der Waals surface area (Å²) in [6, 6.07) is 7.67. The van der Waals surface area contributed by atoms with Gasteiger partial charge in [-0.25, -0.2) is 0 Å². The minimum Gasteiger partial charge on any atom is -0.288 e. The Bertz CT molecular complexity index is 503. The smallest absolute Gasteiger partial charge is 0.186 e. The summed E-state index contributed by atoms with van der Waals surface area (Å²) in [5, 5.41) is 8.96. The lowest BCUT2D eigenvalue weighted by atomic mass is 10.1. The van der Waals surface area contributed by atoms with Gasteiger partial charge < -0.3 is 0 Å². The minimum absolute atomic E-state index is 0.0544. The molecule has 0 aliphatic heterocycles. The van der Waals surface area contributed by atoms with Crippen molar-refractivity contribution >= 4 is 16.9 Å². The maximum atomic E-state index is 10.7. The second kappa shape index (κ2) is 6.00. The zero-order valence-corrected chi connectivity index (χ0v) is 10.0. The van der Waals surface area contributed by atoms with Crippen molar-refractivity contribution in [2.75, 3.05) is 5.75 Å². The van der Waals surface area contributed by atoms with Gasteiger partial charge in [-0.15, -0.1) is 0 Å². The van der Waals surface area contributed by atoms with Crippen molar-refractivity contribution in [3.05, 3.63) is 34.9 Å². The first-order chi connectivity index (χ1) is 7.63. The monoisotopic (exact) mass is 229 g/mol. The molecule has 0 unspecified atom stereocenters. The summed E-state index contributed by atoms with van der Waals surface area (Å²) in [6.45, 7) is 3.45. The standard InChI is InChI=1S/C13H11NOS/c1-10-5-6-12(13(8-10)9-14)4-3-7-16-11(2)15/h5-6,8H,7H2,1-2H3. The molecule has 0 spiro atoms. The van der Waals surface area contributed by atoms with Crippen LogP contribution in [0.15, 0.2) is 18.2 Å². The van der Waals surface area contributed by atoms with E-state index in [9.17, 15) is 4.79 Å². The Labute approximate surface area is 99.7 Å². The van der Waals surface area contributed by atoms with E-state index in [0.29, 0.717) is 11.3 Å². The highest BCUT2D eigenvalue weighted by atomic mass is 32.2. The Morgan fingerprint density at radius 2 is 2.19 bits per heavy atom. The van der Waals surface area contributed by atoms with Crippen LogP contribution < -0.4 is 0 Å². The van der Waals surface area contributed by atoms with E-state index < -0.39 is 0 Å². The molecular weight excluding hydrogens is 218 g/mol. The van der Waals surface area contributed by atoms with Crippen LogP contribution >= 0.6 is 11.8 Å². The van der Waals surface area contributed by atoms with Crippen molar-refractivity contribution < 1.29 is 4.79 Å². The average Bonchev–Trinajstić information content (AvgIpc) is 2.25. The van der Waals surface area contributed by atoms with Crippen LogP contribution in [-0.2, 0) is 4.79 Å². The van der Waals surface area contributed by atoms with E-state index in [1.165, 1.54) is 18.7 Å². The largest absolute Gasteiger partial charge is 0.288 e. The molecule has 0 radical (unpaired) electrons. The summed E-state index contributed by atoms with van der Waals surface area (Å²) in [5.74, 6) is 6.24. The maximum absolute atomic E-state index is 10.7. The summed E-state index contributed by atoms with van der Waals surface area (Å²) in [7, 11) is 0. The topological polar surface area (TPSA) is 40.9 Å². The van der Waals surface area contributed by atoms with E-state index >= 15 is 0 Å². The van der Waals surface area contributed by atoms with Crippen molar-refractivity contribution in [3.8, 4) is 17.9 Å². The van der Waals surface area contributed by atoms with E-state index in [4.69, 9.17) is 5.26 Å². The van der Waals surface area contributed by atoms with Gasteiger partial charge in [0.05, 0.1) is 11.3 Å². The van der Waals surface area contributed by atoms with Crippen molar-refractivity contribution in [2.24, 2.45) is 0 Å². The van der Waals surface area contributed by atoms with Gasteiger partial charge in [0.2, 0.25) is 0 Å². The molecule has 0 fully saturated rings. The number of hydrogen-bond donors (Lipinski definition) is 0. The molecule has 0 aliphatic rings. The van der Waals surface area contributed by atoms with Crippen molar-refractivity contribution in [2.45, 2.75) is 13.8 Å². The molecule has 0 saturated heterocycles. The van der Waals surface area contributed by atoms with Crippen LogP contribution in [0.1, 0.15) is 23.6 Å². The van der Waals surface area contributed by atoms with Gasteiger partial charge in [-0.2, -0.15) is 5.26 Å². The lowest BCUT2D eigenvalue weighted by molar-refractivity contribution is -0.109. The van der Waals surface area contributed by atoms with E-state index in [-0.39, 0.29) is 5.12 Å². The molecule has 16 heavy (non-hydrogen) atoms. The molecular formula is C13H11NOS. The zero-order valence-electron chi connectivity index (χ0n) is 9.20. The molecule has 1 aromatic carbocycles. The van der Waals surface area contributed by atoms with Crippen molar-refractivity contribution in [1.82, 2.24) is 0 Å². The van der Waals surface area contributed by atoms with Gasteiger partial charge in [-0.05, 0) is 24.6 Å². The van der Waals surface area contributed by atoms with E-state index in [1.54, 1.807) is 0 Å². The van der Waals surface area contributed by atoms with Gasteiger partial charge in [0, 0.05) is 12.5 Å². The van der Waals surface area contributed by atoms with E-state index in [1.807, 2.05) is 25.1 Å². The highest BCUT2D eigenvalue weighted by molar-refractivity contribution is 8.13. The molecule has 2 nitrogen and oxygen atoms in total. The fourth-order valence-electron chi connectivity index (χ4n) is 1.13. The Balaban J connectivity index is 2.81. The minimum atomic E-state index is 0.0544. The summed E-state index contributed by atoms with van der Waals surface area (Å²) >= 11 is 1.17. The molecule has 80 valence electrons. The predicted molar refractivity (Wildman–Crippen MR) is 65.9 cm³/mol. The van der Waals surface area contributed by atoms with Gasteiger partial charge in [0.15, 0.2) is 5.12 Å². The highest BCUT2D eigenvalue weighted by Gasteiger charge is 1.98. The fraction of sp³-hybridized carbons (Fsp3) is 0.231. The molecule has 1 rings (SSSR count). The molecule has 0 aromatic heterocycles. The van der Waals surface area contributed by atoms with Crippen LogP contribution in [0.5, 0.6) is 0 Å². The van der Waals surface area contributed by atoms with E-state index in [0.717, 1.165) is 11.1 Å². The average molecular weight is 229 g/mol. The summed E-state index contributed by atoms with van der Waals surface area (Å²) < 4.78 is 0. The Hall–Kier alpha value is -1.71. The Morgan fingerprint density at radius 3 is 2.81 bits per heavy atom. The molecule has 0 N–H and O–H groups in total. The molecule has 0 heterocycles. The third-order valence-corrected chi connectivity index (χ3v) is 2.56. The van der Waals surface area contributed by atoms with Gasteiger partial charge in [-0.1, -0.05) is 29.7 Å². The molecule has 0 amide bonds. The quantitative estimate of drug-likeness (QED) is 0.695. The number of nitriles is 1. The number of thioether (sulfide) groups is 1. The second-order valence-electron chi connectivity index (χ2n) is 3.24. The summed E-state index contributed by atoms with van der Waals surface area (Å²) in [5.41, 5.74) is 2.35. The maximum Gasteiger partial charge on any atom is 0.186 e. The van der Waals surface area contributed by atoms with Crippen LogP contribution in [-0.4, -0.2) is 10.9 Å². The summed E-state index contributed by atoms with van der Waals surface area (Å²) in [6.07, 6.45) is 0. The number of aryl methyl sites for hydroxylation is 1. The number of benzene rings is 1. The number of carbonyl (C=O) groups excluding carboxylic acids is 1. The molecule has 0 atom stereocenters. The predicted octanol–water partition coefficient (Wildman–Crippen LogP) is 2.50. The first-order valence-corrected chi connectivity index (χ1v) is 5.75. The first-order valence-electron chi connectivity index (χ1n) is 4.76. The van der Waals surface area contributed by atoms with Gasteiger partial charge >= 0.3 is 0 Å². The van der Waals surface area contributed by atoms with Gasteiger partial charge in [-0.3, -0.25) is 4.79 Å². The Kier molecular flexibility index (Phi) is 4.64. The lowest BCUT2D eigenvalue weighted by Gasteiger charge is -1.96. The molecule has 0 bridgehead atoms. The van der Waals surface area contributed by atoms with Crippen LogP contribution in [0.4, 0.5) is 0 Å². The van der Waals surface area contributed by atoms with Gasteiger partial charge in [0.25, 0.3) is 0 Å². The SMILES string of the molecule is CC(=O)SCC#Cc1ccc(C)cc1C#N. The van der Waals surface area contributed by atoms with Crippen molar-refractivity contribution in [1.29, 1.82) is 5.26 Å². The van der Waals surface area contributed by atoms with Gasteiger partial charge in [0.1, 0.15) is 6.07 Å². The number of rotatable bonds is 1. The number of hydrogen-bond acceptors (Lipinski definition) is 3. The van der Waals surface area contributed by atoms with Crippen LogP contribution in [0.2, 0.25) is 0 Å².